The van der Waals surface area contributed by atoms with E-state index in [0.29, 0.717) is 18.1 Å². The molecule has 1 N–H and O–H groups in total. The van der Waals surface area contributed by atoms with Crippen LogP contribution in [0.25, 0.3) is 0 Å². The van der Waals surface area contributed by atoms with Crippen LogP contribution in [0.4, 0.5) is 0 Å². The molecule has 2 heterocycles. The predicted octanol–water partition coefficient (Wildman–Crippen LogP) is 1.43. The summed E-state index contributed by atoms with van der Waals surface area (Å²) in [5.74, 6) is -0.604. The van der Waals surface area contributed by atoms with Crippen LogP contribution in [-0.2, 0) is 19.0 Å². The molecule has 0 bridgehead atoms. The number of thiocarbonyl (C=S) groups is 1. The van der Waals surface area contributed by atoms with E-state index in [1.54, 1.807) is 6.92 Å². The van der Waals surface area contributed by atoms with Crippen LogP contribution in [-0.4, -0.2) is 60.7 Å². The second kappa shape index (κ2) is 8.08. The van der Waals surface area contributed by atoms with Gasteiger partial charge in [0.05, 0.1) is 26.2 Å². The number of piperidine rings is 1. The fraction of sp³-hybridized carbons (Fsp3) is 0.867. The standard InChI is InChI=1S/C15H26N2O4S/c1-3-19-13(18)11-12(2)16-14(22)17-7-5-15(6-8-17)20-9-4-10-21-15/h12H,3-11H2,1-2H3,(H,16,22). The molecule has 0 aromatic carbocycles. The molecule has 126 valence electrons. The number of hydrogen-bond donors (Lipinski definition) is 1. The fourth-order valence-electron chi connectivity index (χ4n) is 2.78. The summed E-state index contributed by atoms with van der Waals surface area (Å²) in [6.45, 7) is 7.31. The normalized spacial score (nSPS) is 22.2. The molecular weight excluding hydrogens is 304 g/mol. The number of nitrogens with one attached hydrogen (secondary N) is 1. The van der Waals surface area contributed by atoms with E-state index in [1.165, 1.54) is 0 Å². The van der Waals surface area contributed by atoms with Crippen molar-refractivity contribution in [3.63, 3.8) is 0 Å². The Hall–Kier alpha value is -0.920. The monoisotopic (exact) mass is 330 g/mol. The van der Waals surface area contributed by atoms with Crippen molar-refractivity contribution in [3.05, 3.63) is 0 Å². The molecule has 2 fully saturated rings. The Labute approximate surface area is 137 Å². The number of likely N-dealkylation sites (tertiary alicyclic amines) is 1. The van der Waals surface area contributed by atoms with Crippen LogP contribution >= 0.6 is 12.2 Å². The maximum Gasteiger partial charge on any atom is 0.307 e. The molecule has 1 unspecified atom stereocenters. The minimum Gasteiger partial charge on any atom is -0.466 e. The quantitative estimate of drug-likeness (QED) is 0.618. The zero-order valence-electron chi connectivity index (χ0n) is 13.4. The highest BCUT2D eigenvalue weighted by atomic mass is 32.1. The zero-order valence-corrected chi connectivity index (χ0v) is 14.2. The van der Waals surface area contributed by atoms with Crippen molar-refractivity contribution < 1.29 is 19.0 Å². The van der Waals surface area contributed by atoms with Gasteiger partial charge in [-0.2, -0.15) is 0 Å². The van der Waals surface area contributed by atoms with Crippen molar-refractivity contribution in [1.29, 1.82) is 0 Å². The van der Waals surface area contributed by atoms with Gasteiger partial charge in [-0.3, -0.25) is 4.79 Å². The number of nitrogens with zero attached hydrogens (tertiary/aromatic N) is 1. The second-order valence-electron chi connectivity index (χ2n) is 5.81. The molecule has 1 atom stereocenters. The minimum absolute atomic E-state index is 0.0374. The number of carbonyl (C=O) groups is 1. The molecule has 0 saturated carbocycles. The van der Waals surface area contributed by atoms with E-state index < -0.39 is 5.79 Å². The van der Waals surface area contributed by atoms with Crippen LogP contribution in [0.3, 0.4) is 0 Å². The van der Waals surface area contributed by atoms with Crippen molar-refractivity contribution in [1.82, 2.24) is 10.2 Å². The van der Waals surface area contributed by atoms with E-state index in [9.17, 15) is 4.79 Å². The summed E-state index contributed by atoms with van der Waals surface area (Å²) in [6.07, 6.45) is 2.93. The molecule has 1 spiro atoms. The SMILES string of the molecule is CCOC(=O)CC(C)NC(=S)N1CCC2(CC1)OCCCO2. The van der Waals surface area contributed by atoms with Gasteiger partial charge in [-0.1, -0.05) is 0 Å². The van der Waals surface area contributed by atoms with Gasteiger partial charge in [-0.25, -0.2) is 0 Å². The summed E-state index contributed by atoms with van der Waals surface area (Å²) >= 11 is 5.44. The Morgan fingerprint density at radius 3 is 2.59 bits per heavy atom. The average Bonchev–Trinajstić information content (AvgIpc) is 2.48. The second-order valence-corrected chi connectivity index (χ2v) is 6.19. The molecule has 0 aromatic heterocycles. The molecule has 2 rings (SSSR count). The van der Waals surface area contributed by atoms with Gasteiger partial charge in [0, 0.05) is 32.0 Å². The number of hydrogen-bond acceptors (Lipinski definition) is 5. The van der Waals surface area contributed by atoms with E-state index >= 15 is 0 Å². The van der Waals surface area contributed by atoms with Crippen molar-refractivity contribution >= 4 is 23.3 Å². The summed E-state index contributed by atoms with van der Waals surface area (Å²) in [5, 5.41) is 3.89. The van der Waals surface area contributed by atoms with Crippen LogP contribution in [0.2, 0.25) is 0 Å². The Morgan fingerprint density at radius 1 is 1.36 bits per heavy atom. The number of esters is 1. The van der Waals surface area contributed by atoms with Gasteiger partial charge in [-0.05, 0) is 32.5 Å². The lowest BCUT2D eigenvalue weighted by Gasteiger charge is -2.44. The smallest absolute Gasteiger partial charge is 0.307 e. The first-order chi connectivity index (χ1) is 10.5. The van der Waals surface area contributed by atoms with E-state index in [4.69, 9.17) is 26.4 Å². The Kier molecular flexibility index (Phi) is 6.40. The molecule has 22 heavy (non-hydrogen) atoms. The highest BCUT2D eigenvalue weighted by Crippen LogP contribution is 2.30. The van der Waals surface area contributed by atoms with Crippen LogP contribution in [0, 0.1) is 0 Å². The van der Waals surface area contributed by atoms with Gasteiger partial charge < -0.3 is 24.4 Å². The summed E-state index contributed by atoms with van der Waals surface area (Å²) in [5.41, 5.74) is 0. The first-order valence-corrected chi connectivity index (χ1v) is 8.44. The van der Waals surface area contributed by atoms with E-state index in [1.807, 2.05) is 6.92 Å². The molecule has 2 saturated heterocycles. The molecule has 7 heteroatoms. The number of ether oxygens (including phenoxy) is 3. The topological polar surface area (TPSA) is 60.0 Å². The lowest BCUT2D eigenvalue weighted by molar-refractivity contribution is -0.281. The third kappa shape index (κ3) is 4.79. The highest BCUT2D eigenvalue weighted by Gasteiger charge is 2.38. The summed E-state index contributed by atoms with van der Waals surface area (Å²) in [6, 6.07) is -0.0374. The Morgan fingerprint density at radius 2 is 2.00 bits per heavy atom. The third-order valence-electron chi connectivity index (χ3n) is 3.98. The first kappa shape index (κ1) is 17.4. The van der Waals surface area contributed by atoms with Gasteiger partial charge in [0.15, 0.2) is 10.9 Å². The fourth-order valence-corrected chi connectivity index (χ4v) is 3.16. The number of carbonyl (C=O) groups excluding carboxylic acids is 1. The van der Waals surface area contributed by atoms with Gasteiger partial charge in [0.25, 0.3) is 0 Å². The first-order valence-electron chi connectivity index (χ1n) is 8.03. The molecule has 2 aliphatic rings. The molecule has 0 radical (unpaired) electrons. The molecule has 0 aromatic rings. The lowest BCUT2D eigenvalue weighted by Crippen LogP contribution is -2.54. The Bertz CT molecular complexity index is 389. The minimum atomic E-state index is -0.402. The van der Waals surface area contributed by atoms with Gasteiger partial charge >= 0.3 is 5.97 Å². The van der Waals surface area contributed by atoms with Gasteiger partial charge in [-0.15, -0.1) is 0 Å². The van der Waals surface area contributed by atoms with Crippen molar-refractivity contribution in [2.45, 2.75) is 51.4 Å². The Balaban J connectivity index is 1.73. The van der Waals surface area contributed by atoms with E-state index in [0.717, 1.165) is 45.6 Å². The maximum atomic E-state index is 11.5. The van der Waals surface area contributed by atoms with E-state index in [-0.39, 0.29) is 12.0 Å². The predicted molar refractivity (Wildman–Crippen MR) is 86.5 cm³/mol. The molecule has 0 aliphatic carbocycles. The van der Waals surface area contributed by atoms with Gasteiger partial charge in [0.2, 0.25) is 0 Å². The highest BCUT2D eigenvalue weighted by molar-refractivity contribution is 7.80. The van der Waals surface area contributed by atoms with Gasteiger partial charge in [0.1, 0.15) is 0 Å². The largest absolute Gasteiger partial charge is 0.466 e. The van der Waals surface area contributed by atoms with Crippen LogP contribution < -0.4 is 5.32 Å². The van der Waals surface area contributed by atoms with Crippen molar-refractivity contribution in [2.75, 3.05) is 32.9 Å². The third-order valence-corrected chi connectivity index (χ3v) is 4.36. The van der Waals surface area contributed by atoms with Crippen LogP contribution in [0.5, 0.6) is 0 Å². The molecule has 6 nitrogen and oxygen atoms in total. The summed E-state index contributed by atoms with van der Waals surface area (Å²) < 4.78 is 16.6. The molecular formula is C15H26N2O4S. The zero-order chi connectivity index (χ0) is 16.0. The van der Waals surface area contributed by atoms with Crippen molar-refractivity contribution in [3.8, 4) is 0 Å². The maximum absolute atomic E-state index is 11.5. The van der Waals surface area contributed by atoms with E-state index in [2.05, 4.69) is 10.2 Å². The molecule has 2 aliphatic heterocycles. The lowest BCUT2D eigenvalue weighted by atomic mass is 10.0. The summed E-state index contributed by atoms with van der Waals surface area (Å²) in [7, 11) is 0. The van der Waals surface area contributed by atoms with Crippen molar-refractivity contribution in [2.24, 2.45) is 0 Å². The summed E-state index contributed by atoms with van der Waals surface area (Å²) in [4.78, 5) is 13.6. The molecule has 0 amide bonds. The van der Waals surface area contributed by atoms with Crippen LogP contribution in [0.1, 0.15) is 39.5 Å². The average molecular weight is 330 g/mol. The van der Waals surface area contributed by atoms with Crippen LogP contribution in [0.15, 0.2) is 0 Å². The number of rotatable bonds is 4.